The lowest BCUT2D eigenvalue weighted by Crippen LogP contribution is -2.46. The maximum atomic E-state index is 9.29. The molecule has 0 aromatic carbocycles. The minimum atomic E-state index is 0.189. The first-order valence-corrected chi connectivity index (χ1v) is 3.75. The van der Waals surface area contributed by atoms with Gasteiger partial charge in [-0.2, -0.15) is 5.06 Å². The van der Waals surface area contributed by atoms with Gasteiger partial charge in [-0.3, -0.25) is 0 Å². The fourth-order valence-corrected chi connectivity index (χ4v) is 1.15. The number of hydrogen-bond donors (Lipinski definition) is 1. The van der Waals surface area contributed by atoms with Gasteiger partial charge in [0, 0.05) is 6.54 Å². The van der Waals surface area contributed by atoms with Gasteiger partial charge in [-0.15, -0.1) is 0 Å². The quantitative estimate of drug-likeness (QED) is 0.590. The Morgan fingerprint density at radius 1 is 1.60 bits per heavy atom. The molecule has 0 bridgehead atoms. The molecule has 10 heavy (non-hydrogen) atoms. The van der Waals surface area contributed by atoms with Crippen LogP contribution in [0.15, 0.2) is 0 Å². The molecule has 0 spiro atoms. The zero-order valence-corrected chi connectivity index (χ0v) is 6.58. The Bertz CT molecular complexity index is 106. The average Bonchev–Trinajstić information content (AvgIpc) is 1.88. The Morgan fingerprint density at radius 2 is 2.30 bits per heavy atom. The first-order valence-electron chi connectivity index (χ1n) is 3.75. The molecule has 0 saturated carbocycles. The smallest absolute Gasteiger partial charge is 0.0648 e. The van der Waals surface area contributed by atoms with Crippen molar-refractivity contribution in [3.63, 3.8) is 0 Å². The predicted octanol–water partition coefficient (Wildman–Crippen LogP) is 0.732. The van der Waals surface area contributed by atoms with E-state index in [1.54, 1.807) is 0 Å². The number of nitrogens with zero attached hydrogens (tertiary/aromatic N) is 1. The van der Waals surface area contributed by atoms with Gasteiger partial charge in [0.25, 0.3) is 0 Å². The molecule has 0 aliphatic carbocycles. The van der Waals surface area contributed by atoms with Gasteiger partial charge in [-0.05, 0) is 5.92 Å². The Kier molecular flexibility index (Phi) is 2.65. The van der Waals surface area contributed by atoms with Crippen molar-refractivity contribution in [3.05, 3.63) is 0 Å². The summed E-state index contributed by atoms with van der Waals surface area (Å²) in [5.41, 5.74) is 0. The molecule has 1 aliphatic heterocycles. The first kappa shape index (κ1) is 7.98. The van der Waals surface area contributed by atoms with Crippen molar-refractivity contribution in [1.29, 1.82) is 0 Å². The van der Waals surface area contributed by atoms with Crippen LogP contribution in [-0.2, 0) is 4.74 Å². The number of ether oxygens (including phenoxy) is 1. The third-order valence-electron chi connectivity index (χ3n) is 1.91. The van der Waals surface area contributed by atoms with Crippen LogP contribution in [0.5, 0.6) is 0 Å². The number of hydroxylamine groups is 2. The highest BCUT2D eigenvalue weighted by Crippen LogP contribution is 2.12. The largest absolute Gasteiger partial charge is 0.378 e. The maximum Gasteiger partial charge on any atom is 0.0648 e. The van der Waals surface area contributed by atoms with Crippen LogP contribution in [0.4, 0.5) is 0 Å². The predicted molar refractivity (Wildman–Crippen MR) is 37.9 cm³/mol. The van der Waals surface area contributed by atoms with Crippen LogP contribution in [0.25, 0.3) is 0 Å². The SMILES string of the molecule is CC(C)C1COCCN1O. The summed E-state index contributed by atoms with van der Waals surface area (Å²) in [4.78, 5) is 0. The Balaban J connectivity index is 2.40. The molecule has 1 saturated heterocycles. The van der Waals surface area contributed by atoms with Crippen molar-refractivity contribution in [1.82, 2.24) is 5.06 Å². The topological polar surface area (TPSA) is 32.7 Å². The lowest BCUT2D eigenvalue weighted by molar-refractivity contribution is -0.191. The maximum absolute atomic E-state index is 9.29. The van der Waals surface area contributed by atoms with Crippen LogP contribution < -0.4 is 0 Å². The van der Waals surface area contributed by atoms with E-state index in [2.05, 4.69) is 13.8 Å². The van der Waals surface area contributed by atoms with E-state index in [0.29, 0.717) is 25.7 Å². The molecule has 0 aromatic heterocycles. The third kappa shape index (κ3) is 1.68. The molecule has 1 atom stereocenters. The monoisotopic (exact) mass is 145 g/mol. The second-order valence-corrected chi connectivity index (χ2v) is 3.05. The van der Waals surface area contributed by atoms with Crippen molar-refractivity contribution in [2.24, 2.45) is 5.92 Å². The average molecular weight is 145 g/mol. The van der Waals surface area contributed by atoms with Crippen LogP contribution in [0.2, 0.25) is 0 Å². The van der Waals surface area contributed by atoms with Gasteiger partial charge < -0.3 is 9.94 Å². The van der Waals surface area contributed by atoms with E-state index in [0.717, 1.165) is 0 Å². The summed E-state index contributed by atoms with van der Waals surface area (Å²) < 4.78 is 5.21. The highest BCUT2D eigenvalue weighted by Gasteiger charge is 2.23. The van der Waals surface area contributed by atoms with E-state index in [4.69, 9.17) is 4.74 Å². The van der Waals surface area contributed by atoms with E-state index in [1.807, 2.05) is 0 Å². The molecular weight excluding hydrogens is 130 g/mol. The van der Waals surface area contributed by atoms with Crippen molar-refractivity contribution in [2.75, 3.05) is 19.8 Å². The summed E-state index contributed by atoms with van der Waals surface area (Å²) in [7, 11) is 0. The van der Waals surface area contributed by atoms with Crippen LogP contribution in [0, 0.1) is 5.92 Å². The second-order valence-electron chi connectivity index (χ2n) is 3.05. The van der Waals surface area contributed by atoms with Crippen molar-refractivity contribution < 1.29 is 9.94 Å². The van der Waals surface area contributed by atoms with Gasteiger partial charge in [-0.1, -0.05) is 13.8 Å². The van der Waals surface area contributed by atoms with Gasteiger partial charge in [-0.25, -0.2) is 0 Å². The Hall–Kier alpha value is -0.120. The Labute approximate surface area is 61.5 Å². The molecule has 3 nitrogen and oxygen atoms in total. The summed E-state index contributed by atoms with van der Waals surface area (Å²) in [5, 5.41) is 10.7. The number of hydrogen-bond acceptors (Lipinski definition) is 3. The van der Waals surface area contributed by atoms with Gasteiger partial charge in [0.2, 0.25) is 0 Å². The molecule has 1 unspecified atom stereocenters. The van der Waals surface area contributed by atoms with Gasteiger partial charge in [0.15, 0.2) is 0 Å². The highest BCUT2D eigenvalue weighted by molar-refractivity contribution is 4.71. The molecular formula is C7H15NO2. The molecule has 1 fully saturated rings. The van der Waals surface area contributed by atoms with E-state index >= 15 is 0 Å². The Morgan fingerprint density at radius 3 is 2.70 bits per heavy atom. The molecule has 0 radical (unpaired) electrons. The van der Waals surface area contributed by atoms with Gasteiger partial charge >= 0.3 is 0 Å². The van der Waals surface area contributed by atoms with Crippen LogP contribution >= 0.6 is 0 Å². The van der Waals surface area contributed by atoms with Crippen molar-refractivity contribution >= 4 is 0 Å². The molecule has 1 rings (SSSR count). The molecule has 3 heteroatoms. The summed E-state index contributed by atoms with van der Waals surface area (Å²) in [6.07, 6.45) is 0. The van der Waals surface area contributed by atoms with E-state index < -0.39 is 0 Å². The summed E-state index contributed by atoms with van der Waals surface area (Å²) in [6, 6.07) is 0.189. The molecule has 0 aromatic rings. The van der Waals surface area contributed by atoms with E-state index in [1.165, 1.54) is 5.06 Å². The van der Waals surface area contributed by atoms with E-state index in [9.17, 15) is 5.21 Å². The van der Waals surface area contributed by atoms with Crippen LogP contribution in [0.1, 0.15) is 13.8 Å². The second kappa shape index (κ2) is 3.32. The minimum Gasteiger partial charge on any atom is -0.378 e. The zero-order valence-electron chi connectivity index (χ0n) is 6.58. The highest BCUT2D eigenvalue weighted by atomic mass is 16.5. The van der Waals surface area contributed by atoms with Gasteiger partial charge in [0.05, 0.1) is 19.3 Å². The number of rotatable bonds is 1. The zero-order chi connectivity index (χ0) is 7.56. The van der Waals surface area contributed by atoms with Gasteiger partial charge in [0.1, 0.15) is 0 Å². The number of morpholine rings is 1. The van der Waals surface area contributed by atoms with Crippen molar-refractivity contribution in [2.45, 2.75) is 19.9 Å². The molecule has 60 valence electrons. The third-order valence-corrected chi connectivity index (χ3v) is 1.91. The molecule has 1 heterocycles. The standard InChI is InChI=1S/C7H15NO2/c1-6(2)7-5-10-4-3-8(7)9/h6-7,9H,3-5H2,1-2H3. The summed E-state index contributed by atoms with van der Waals surface area (Å²) in [6.45, 7) is 6.13. The summed E-state index contributed by atoms with van der Waals surface area (Å²) in [5.74, 6) is 0.463. The molecule has 1 aliphatic rings. The van der Waals surface area contributed by atoms with Crippen LogP contribution in [-0.4, -0.2) is 36.1 Å². The molecule has 1 N–H and O–H groups in total. The summed E-state index contributed by atoms with van der Waals surface area (Å²) >= 11 is 0. The normalized spacial score (nSPS) is 29.4. The van der Waals surface area contributed by atoms with E-state index in [-0.39, 0.29) is 6.04 Å². The lowest BCUT2D eigenvalue weighted by Gasteiger charge is -2.32. The van der Waals surface area contributed by atoms with Crippen molar-refractivity contribution in [3.8, 4) is 0 Å². The fraction of sp³-hybridized carbons (Fsp3) is 1.00. The molecule has 0 amide bonds. The van der Waals surface area contributed by atoms with Crippen LogP contribution in [0.3, 0.4) is 0 Å². The minimum absolute atomic E-state index is 0.189. The fourth-order valence-electron chi connectivity index (χ4n) is 1.15. The first-order chi connectivity index (χ1) is 4.72. The lowest BCUT2D eigenvalue weighted by atomic mass is 10.0.